The van der Waals surface area contributed by atoms with E-state index in [9.17, 15) is 5.11 Å². The molecule has 1 aromatic carbocycles. The summed E-state index contributed by atoms with van der Waals surface area (Å²) in [6, 6.07) is 7.90. The number of rotatable bonds is 2. The number of thiophene rings is 1. The molecule has 1 heterocycles. The summed E-state index contributed by atoms with van der Waals surface area (Å²) in [5.74, 6) is 1.35. The summed E-state index contributed by atoms with van der Waals surface area (Å²) in [4.78, 5) is 2.37. The molecule has 94 valence electrons. The average molecular weight is 260 g/mol. The van der Waals surface area contributed by atoms with Crippen LogP contribution < -0.4 is 4.74 Å². The number of benzene rings is 1. The molecule has 1 aliphatic carbocycles. The molecule has 1 N–H and O–H groups in total. The van der Waals surface area contributed by atoms with Gasteiger partial charge in [0.15, 0.2) is 0 Å². The van der Waals surface area contributed by atoms with Crippen LogP contribution in [0.5, 0.6) is 11.5 Å². The molecule has 0 bridgehead atoms. The first kappa shape index (κ1) is 11.6. The van der Waals surface area contributed by atoms with Gasteiger partial charge in [-0.25, -0.2) is 0 Å². The lowest BCUT2D eigenvalue weighted by molar-refractivity contribution is 0.415. The van der Waals surface area contributed by atoms with Crippen molar-refractivity contribution in [3.63, 3.8) is 0 Å². The van der Waals surface area contributed by atoms with Gasteiger partial charge in [-0.05, 0) is 55.5 Å². The first-order valence-corrected chi connectivity index (χ1v) is 7.09. The molecule has 0 atom stereocenters. The maximum Gasteiger partial charge on any atom is 0.137 e. The number of aryl methyl sites for hydroxylation is 1. The Morgan fingerprint density at radius 2 is 1.83 bits per heavy atom. The van der Waals surface area contributed by atoms with Crippen LogP contribution in [0.25, 0.3) is 10.4 Å². The Bertz CT molecular complexity index is 555. The third kappa shape index (κ3) is 1.89. The minimum atomic E-state index is 0.500. The summed E-state index contributed by atoms with van der Waals surface area (Å²) < 4.78 is 5.16. The SMILES string of the molecule is COc1ccc(-c2sc3c(c2O)CCCC3)cc1. The molecule has 0 saturated heterocycles. The zero-order chi connectivity index (χ0) is 12.5. The normalized spacial score (nSPS) is 14.3. The lowest BCUT2D eigenvalue weighted by Crippen LogP contribution is -1.97. The van der Waals surface area contributed by atoms with E-state index in [-0.39, 0.29) is 0 Å². The van der Waals surface area contributed by atoms with Crippen molar-refractivity contribution >= 4 is 11.3 Å². The second-order valence-electron chi connectivity index (χ2n) is 4.62. The van der Waals surface area contributed by atoms with Crippen molar-refractivity contribution in [2.24, 2.45) is 0 Å². The van der Waals surface area contributed by atoms with Gasteiger partial charge in [0, 0.05) is 10.4 Å². The van der Waals surface area contributed by atoms with E-state index in [2.05, 4.69) is 0 Å². The highest BCUT2D eigenvalue weighted by molar-refractivity contribution is 7.16. The molecule has 1 aliphatic rings. The smallest absolute Gasteiger partial charge is 0.137 e. The molecule has 2 aromatic rings. The molecule has 2 nitrogen and oxygen atoms in total. The maximum absolute atomic E-state index is 10.3. The zero-order valence-electron chi connectivity index (χ0n) is 10.4. The van der Waals surface area contributed by atoms with E-state index in [1.807, 2.05) is 24.3 Å². The second-order valence-corrected chi connectivity index (χ2v) is 5.72. The van der Waals surface area contributed by atoms with Crippen molar-refractivity contribution in [1.82, 2.24) is 0 Å². The molecule has 0 fully saturated rings. The molecule has 18 heavy (non-hydrogen) atoms. The average Bonchev–Trinajstić information content (AvgIpc) is 2.77. The molecular weight excluding hydrogens is 244 g/mol. The first-order valence-electron chi connectivity index (χ1n) is 6.27. The van der Waals surface area contributed by atoms with Crippen LogP contribution in [0.2, 0.25) is 0 Å². The highest BCUT2D eigenvalue weighted by Crippen LogP contribution is 2.45. The fraction of sp³-hybridized carbons (Fsp3) is 0.333. The second kappa shape index (κ2) is 4.65. The molecule has 0 saturated carbocycles. The number of hydrogen-bond donors (Lipinski definition) is 1. The molecule has 0 spiro atoms. The van der Waals surface area contributed by atoms with Gasteiger partial charge in [-0.1, -0.05) is 0 Å². The van der Waals surface area contributed by atoms with Crippen LogP contribution in [0.3, 0.4) is 0 Å². The van der Waals surface area contributed by atoms with Crippen molar-refractivity contribution < 1.29 is 9.84 Å². The van der Waals surface area contributed by atoms with Gasteiger partial charge in [-0.15, -0.1) is 11.3 Å². The van der Waals surface area contributed by atoms with Gasteiger partial charge >= 0.3 is 0 Å². The lowest BCUT2D eigenvalue weighted by Gasteiger charge is -2.09. The van der Waals surface area contributed by atoms with E-state index >= 15 is 0 Å². The van der Waals surface area contributed by atoms with Gasteiger partial charge < -0.3 is 9.84 Å². The lowest BCUT2D eigenvalue weighted by atomic mass is 9.97. The van der Waals surface area contributed by atoms with Crippen LogP contribution in [0.1, 0.15) is 23.3 Å². The fourth-order valence-electron chi connectivity index (χ4n) is 2.49. The van der Waals surface area contributed by atoms with Gasteiger partial charge in [0.2, 0.25) is 0 Å². The van der Waals surface area contributed by atoms with Gasteiger partial charge in [0.05, 0.1) is 12.0 Å². The van der Waals surface area contributed by atoms with Gasteiger partial charge in [0.1, 0.15) is 11.5 Å². The largest absolute Gasteiger partial charge is 0.506 e. The predicted octanol–water partition coefficient (Wildman–Crippen LogP) is 4.01. The molecule has 0 radical (unpaired) electrons. The first-order chi connectivity index (χ1) is 8.79. The third-order valence-electron chi connectivity index (χ3n) is 3.50. The number of aromatic hydroxyl groups is 1. The standard InChI is InChI=1S/C15H16O2S/c1-17-11-8-6-10(7-9-11)15-14(16)12-4-2-3-5-13(12)18-15/h6-9,16H,2-5H2,1H3. The number of methoxy groups -OCH3 is 1. The van der Waals surface area contributed by atoms with E-state index in [0.717, 1.165) is 29.0 Å². The monoisotopic (exact) mass is 260 g/mol. The Hall–Kier alpha value is -1.48. The number of hydrogen-bond acceptors (Lipinski definition) is 3. The summed E-state index contributed by atoms with van der Waals surface area (Å²) in [5.41, 5.74) is 2.25. The van der Waals surface area contributed by atoms with Crippen molar-refractivity contribution in [2.75, 3.05) is 7.11 Å². The van der Waals surface area contributed by atoms with E-state index in [1.54, 1.807) is 18.4 Å². The molecular formula is C15H16O2S. The van der Waals surface area contributed by atoms with Crippen LogP contribution in [-0.2, 0) is 12.8 Å². The van der Waals surface area contributed by atoms with Crippen LogP contribution >= 0.6 is 11.3 Å². The van der Waals surface area contributed by atoms with Crippen LogP contribution in [0.15, 0.2) is 24.3 Å². The molecule has 3 heteroatoms. The summed E-state index contributed by atoms with van der Waals surface area (Å²) in [5, 5.41) is 10.3. The van der Waals surface area contributed by atoms with Crippen molar-refractivity contribution in [3.05, 3.63) is 34.7 Å². The Labute approximate surface area is 111 Å². The third-order valence-corrected chi connectivity index (χ3v) is 4.83. The molecule has 0 amide bonds. The van der Waals surface area contributed by atoms with Crippen LogP contribution in [0.4, 0.5) is 0 Å². The highest BCUT2D eigenvalue weighted by atomic mass is 32.1. The topological polar surface area (TPSA) is 29.5 Å². The highest BCUT2D eigenvalue weighted by Gasteiger charge is 2.20. The number of fused-ring (bicyclic) bond motifs is 1. The Morgan fingerprint density at radius 3 is 2.50 bits per heavy atom. The van der Waals surface area contributed by atoms with Crippen molar-refractivity contribution in [1.29, 1.82) is 0 Å². The zero-order valence-corrected chi connectivity index (χ0v) is 11.2. The quantitative estimate of drug-likeness (QED) is 0.884. The summed E-state index contributed by atoms with van der Waals surface area (Å²) in [6.07, 6.45) is 4.58. The fourth-order valence-corrected chi connectivity index (χ4v) is 3.78. The van der Waals surface area contributed by atoms with Gasteiger partial charge in [-0.2, -0.15) is 0 Å². The Morgan fingerprint density at radius 1 is 1.11 bits per heavy atom. The minimum Gasteiger partial charge on any atom is -0.506 e. The maximum atomic E-state index is 10.3. The Kier molecular flexibility index (Phi) is 3.00. The summed E-state index contributed by atoms with van der Waals surface area (Å²) in [6.45, 7) is 0. The van der Waals surface area contributed by atoms with Crippen LogP contribution in [-0.4, -0.2) is 12.2 Å². The van der Waals surface area contributed by atoms with Crippen LogP contribution in [0, 0.1) is 0 Å². The molecule has 0 aliphatic heterocycles. The minimum absolute atomic E-state index is 0.500. The van der Waals surface area contributed by atoms with E-state index in [0.29, 0.717) is 5.75 Å². The van der Waals surface area contributed by atoms with Crippen molar-refractivity contribution in [3.8, 4) is 21.9 Å². The Balaban J connectivity index is 2.02. The van der Waals surface area contributed by atoms with Gasteiger partial charge in [-0.3, -0.25) is 0 Å². The van der Waals surface area contributed by atoms with E-state index in [1.165, 1.54) is 23.3 Å². The molecule has 0 unspecified atom stereocenters. The number of ether oxygens (including phenoxy) is 1. The van der Waals surface area contributed by atoms with E-state index < -0.39 is 0 Å². The van der Waals surface area contributed by atoms with E-state index in [4.69, 9.17) is 4.74 Å². The van der Waals surface area contributed by atoms with Crippen molar-refractivity contribution in [2.45, 2.75) is 25.7 Å². The molecule has 1 aromatic heterocycles. The predicted molar refractivity (Wildman–Crippen MR) is 74.6 cm³/mol. The molecule has 3 rings (SSSR count). The van der Waals surface area contributed by atoms with Gasteiger partial charge in [0.25, 0.3) is 0 Å². The summed E-state index contributed by atoms with van der Waals surface area (Å²) in [7, 11) is 1.66. The summed E-state index contributed by atoms with van der Waals surface area (Å²) >= 11 is 1.74.